The quantitative estimate of drug-likeness (QED) is 0.861. The van der Waals surface area contributed by atoms with E-state index >= 15 is 0 Å². The topological polar surface area (TPSA) is 45.2 Å². The Hall–Kier alpha value is -2.20. The number of hydrogen-bond acceptors (Lipinski definition) is 3. The van der Waals surface area contributed by atoms with Gasteiger partial charge in [-0.15, -0.1) is 0 Å². The van der Waals surface area contributed by atoms with Crippen LogP contribution in [0.3, 0.4) is 0 Å². The lowest BCUT2D eigenvalue weighted by atomic mass is 9.85. The minimum atomic E-state index is -0.0779. The van der Waals surface area contributed by atoms with E-state index in [1.54, 1.807) is 0 Å². The number of hydrogen-bond donors (Lipinski definition) is 1. The summed E-state index contributed by atoms with van der Waals surface area (Å²) in [6.45, 7) is 8.04. The van der Waals surface area contributed by atoms with E-state index in [4.69, 9.17) is 4.98 Å². The monoisotopic (exact) mass is 377 g/mol. The standard InChI is InChI=1S/C24H31N3O/c1-17-9-14-21-22(26-17)24(2,3)16-27(21)23(28)19-10-12-20(13-11-19)25-15-18-7-5-4-6-8-18/h4-9,14,19-20,25H,10-13,15-16H2,1-3H3. The average molecular weight is 378 g/mol. The van der Waals surface area contributed by atoms with Crippen LogP contribution in [0, 0.1) is 12.8 Å². The van der Waals surface area contributed by atoms with Crippen LogP contribution < -0.4 is 10.2 Å². The van der Waals surface area contributed by atoms with Gasteiger partial charge in [0.15, 0.2) is 0 Å². The zero-order valence-corrected chi connectivity index (χ0v) is 17.2. The van der Waals surface area contributed by atoms with Crippen molar-refractivity contribution >= 4 is 11.6 Å². The molecule has 2 aliphatic rings. The van der Waals surface area contributed by atoms with Crippen LogP contribution in [0.2, 0.25) is 0 Å². The van der Waals surface area contributed by atoms with Gasteiger partial charge in [-0.05, 0) is 50.3 Å². The molecule has 0 saturated heterocycles. The summed E-state index contributed by atoms with van der Waals surface area (Å²) in [7, 11) is 0. The van der Waals surface area contributed by atoms with Crippen LogP contribution in [0.1, 0.15) is 56.5 Å². The molecule has 0 spiro atoms. The smallest absolute Gasteiger partial charge is 0.230 e. The molecule has 0 bridgehead atoms. The molecule has 0 radical (unpaired) electrons. The summed E-state index contributed by atoms with van der Waals surface area (Å²) in [5.41, 5.74) is 4.35. The van der Waals surface area contributed by atoms with E-state index in [9.17, 15) is 4.79 Å². The lowest BCUT2D eigenvalue weighted by molar-refractivity contribution is -0.123. The van der Waals surface area contributed by atoms with Crippen LogP contribution in [0.4, 0.5) is 5.69 Å². The Balaban J connectivity index is 1.36. The fourth-order valence-corrected chi connectivity index (χ4v) is 4.64. The number of anilines is 1. The molecule has 1 saturated carbocycles. The van der Waals surface area contributed by atoms with Gasteiger partial charge < -0.3 is 10.2 Å². The molecule has 1 fully saturated rings. The van der Waals surface area contributed by atoms with Crippen molar-refractivity contribution in [2.75, 3.05) is 11.4 Å². The predicted molar refractivity (Wildman–Crippen MR) is 113 cm³/mol. The number of rotatable bonds is 4. The second-order valence-corrected chi connectivity index (χ2v) is 9.04. The highest BCUT2D eigenvalue weighted by molar-refractivity contribution is 5.97. The summed E-state index contributed by atoms with van der Waals surface area (Å²) in [4.78, 5) is 20.0. The zero-order valence-electron chi connectivity index (χ0n) is 17.2. The maximum atomic E-state index is 13.3. The number of fused-ring (bicyclic) bond motifs is 1. The second-order valence-electron chi connectivity index (χ2n) is 9.04. The van der Waals surface area contributed by atoms with Gasteiger partial charge in [0.2, 0.25) is 5.91 Å². The van der Waals surface area contributed by atoms with Crippen molar-refractivity contribution in [3.63, 3.8) is 0 Å². The van der Waals surface area contributed by atoms with E-state index in [0.717, 1.165) is 55.8 Å². The second kappa shape index (κ2) is 7.67. The molecular weight excluding hydrogens is 346 g/mol. The molecule has 28 heavy (non-hydrogen) atoms. The lowest BCUT2D eigenvalue weighted by Gasteiger charge is -2.31. The number of carbonyl (C=O) groups excluding carboxylic acids is 1. The van der Waals surface area contributed by atoms with Crippen LogP contribution in [0.25, 0.3) is 0 Å². The number of carbonyl (C=O) groups is 1. The average Bonchev–Trinajstić information content (AvgIpc) is 2.97. The van der Waals surface area contributed by atoms with E-state index < -0.39 is 0 Å². The number of aromatic nitrogens is 1. The van der Waals surface area contributed by atoms with E-state index in [2.05, 4.69) is 55.6 Å². The van der Waals surface area contributed by atoms with Gasteiger partial charge >= 0.3 is 0 Å². The molecule has 1 N–H and O–H groups in total. The summed E-state index contributed by atoms with van der Waals surface area (Å²) >= 11 is 0. The van der Waals surface area contributed by atoms with Crippen molar-refractivity contribution in [3.05, 3.63) is 59.4 Å². The maximum absolute atomic E-state index is 13.3. The Bertz CT molecular complexity index is 838. The molecule has 4 nitrogen and oxygen atoms in total. The van der Waals surface area contributed by atoms with Crippen LogP contribution >= 0.6 is 0 Å². The van der Waals surface area contributed by atoms with Crippen molar-refractivity contribution in [1.82, 2.24) is 10.3 Å². The molecule has 148 valence electrons. The number of nitrogens with zero attached hydrogens (tertiary/aromatic N) is 2. The van der Waals surface area contributed by atoms with Crippen molar-refractivity contribution in [2.24, 2.45) is 5.92 Å². The number of aryl methyl sites for hydroxylation is 1. The van der Waals surface area contributed by atoms with Gasteiger partial charge in [0.25, 0.3) is 0 Å². The van der Waals surface area contributed by atoms with Gasteiger partial charge in [-0.25, -0.2) is 0 Å². The molecule has 2 aromatic rings. The van der Waals surface area contributed by atoms with Crippen molar-refractivity contribution in [2.45, 2.75) is 64.5 Å². The molecule has 4 rings (SSSR count). The van der Waals surface area contributed by atoms with Gasteiger partial charge in [-0.1, -0.05) is 44.2 Å². The van der Waals surface area contributed by atoms with Crippen molar-refractivity contribution in [1.29, 1.82) is 0 Å². The summed E-state index contributed by atoms with van der Waals surface area (Å²) in [5.74, 6) is 0.428. The fraction of sp³-hybridized carbons (Fsp3) is 0.500. The van der Waals surface area contributed by atoms with Gasteiger partial charge in [-0.3, -0.25) is 9.78 Å². The summed E-state index contributed by atoms with van der Waals surface area (Å²) < 4.78 is 0. The third kappa shape index (κ3) is 3.83. The Morgan fingerprint density at radius 2 is 1.82 bits per heavy atom. The highest BCUT2D eigenvalue weighted by atomic mass is 16.2. The lowest BCUT2D eigenvalue weighted by Crippen LogP contribution is -2.41. The molecule has 1 aromatic carbocycles. The number of amides is 1. The third-order valence-corrected chi connectivity index (χ3v) is 6.28. The SMILES string of the molecule is Cc1ccc2c(n1)C(C)(C)CN2C(=O)C1CCC(NCc2ccccc2)CC1. The first-order chi connectivity index (χ1) is 13.4. The number of nitrogens with one attached hydrogen (secondary N) is 1. The minimum absolute atomic E-state index is 0.0779. The number of pyridine rings is 1. The summed E-state index contributed by atoms with van der Waals surface area (Å²) in [5, 5.41) is 3.67. The van der Waals surface area contributed by atoms with Crippen LogP contribution in [0.5, 0.6) is 0 Å². The van der Waals surface area contributed by atoms with E-state index in [0.29, 0.717) is 11.9 Å². The minimum Gasteiger partial charge on any atom is -0.310 e. The molecule has 1 aliphatic carbocycles. The molecule has 1 aliphatic heterocycles. The Morgan fingerprint density at radius 3 is 2.54 bits per heavy atom. The Labute approximate surface area is 168 Å². The Morgan fingerprint density at radius 1 is 1.11 bits per heavy atom. The summed E-state index contributed by atoms with van der Waals surface area (Å²) in [6, 6.07) is 15.1. The van der Waals surface area contributed by atoms with Crippen molar-refractivity contribution in [3.8, 4) is 0 Å². The molecule has 0 atom stereocenters. The predicted octanol–water partition coefficient (Wildman–Crippen LogP) is 4.36. The van der Waals surface area contributed by atoms with Gasteiger partial charge in [0, 0.05) is 36.2 Å². The molecule has 0 unspecified atom stereocenters. The maximum Gasteiger partial charge on any atom is 0.230 e. The highest BCUT2D eigenvalue weighted by Crippen LogP contribution is 2.41. The van der Waals surface area contributed by atoms with Crippen LogP contribution in [-0.2, 0) is 16.8 Å². The first-order valence-corrected chi connectivity index (χ1v) is 10.5. The van der Waals surface area contributed by atoms with E-state index in [1.165, 1.54) is 5.56 Å². The zero-order chi connectivity index (χ0) is 19.7. The highest BCUT2D eigenvalue weighted by Gasteiger charge is 2.41. The summed E-state index contributed by atoms with van der Waals surface area (Å²) in [6.07, 6.45) is 4.08. The Kier molecular flexibility index (Phi) is 5.24. The fourth-order valence-electron chi connectivity index (χ4n) is 4.64. The first kappa shape index (κ1) is 19.1. The molecule has 2 heterocycles. The van der Waals surface area contributed by atoms with Gasteiger partial charge in [0.05, 0.1) is 11.4 Å². The molecule has 4 heteroatoms. The van der Waals surface area contributed by atoms with Crippen LogP contribution in [-0.4, -0.2) is 23.5 Å². The van der Waals surface area contributed by atoms with E-state index in [1.807, 2.05) is 17.9 Å². The van der Waals surface area contributed by atoms with Crippen LogP contribution in [0.15, 0.2) is 42.5 Å². The molecular formula is C24H31N3O. The first-order valence-electron chi connectivity index (χ1n) is 10.5. The largest absolute Gasteiger partial charge is 0.310 e. The van der Waals surface area contributed by atoms with Gasteiger partial charge in [-0.2, -0.15) is 0 Å². The third-order valence-electron chi connectivity index (χ3n) is 6.28. The van der Waals surface area contributed by atoms with Gasteiger partial charge in [0.1, 0.15) is 0 Å². The molecule has 1 amide bonds. The van der Waals surface area contributed by atoms with E-state index in [-0.39, 0.29) is 11.3 Å². The number of benzene rings is 1. The van der Waals surface area contributed by atoms with Crippen molar-refractivity contribution < 1.29 is 4.79 Å². The normalized spacial score (nSPS) is 23.5. The molecule has 1 aromatic heterocycles.